The van der Waals surface area contributed by atoms with Gasteiger partial charge in [-0.3, -0.25) is 4.79 Å². The molecule has 5 aromatic carbocycles. The van der Waals surface area contributed by atoms with Crippen molar-refractivity contribution < 1.29 is 4.79 Å². The van der Waals surface area contributed by atoms with Gasteiger partial charge in [-0.25, -0.2) is 0 Å². The third-order valence-electron chi connectivity index (χ3n) is 5.93. The van der Waals surface area contributed by atoms with E-state index in [2.05, 4.69) is 41.3 Å². The van der Waals surface area contributed by atoms with E-state index in [4.69, 9.17) is 11.5 Å². The van der Waals surface area contributed by atoms with Crippen LogP contribution in [0.5, 0.6) is 0 Å². The highest BCUT2D eigenvalue weighted by Crippen LogP contribution is 2.36. The van der Waals surface area contributed by atoms with Gasteiger partial charge in [0.25, 0.3) is 0 Å². The molecule has 0 aliphatic heterocycles. The average molecular weight is 456 g/mol. The van der Waals surface area contributed by atoms with Gasteiger partial charge in [0, 0.05) is 39.6 Å². The normalized spacial score (nSPS) is 10.6. The van der Waals surface area contributed by atoms with Crippen molar-refractivity contribution in [3.8, 4) is 11.1 Å². The Morgan fingerprint density at radius 3 is 1.63 bits per heavy atom. The van der Waals surface area contributed by atoms with Crippen LogP contribution < -0.4 is 16.4 Å². The Kier molecular flexibility index (Phi) is 6.01. The third-order valence-corrected chi connectivity index (χ3v) is 5.93. The smallest absolute Gasteiger partial charge is 0.193 e. The SMILES string of the molecule is Nc1ccc(C(=O)c2ccc(N)cc2-c2ccc(N(c3ccccc3)c3ccccc3)cc2)cc1. The van der Waals surface area contributed by atoms with Gasteiger partial charge < -0.3 is 16.4 Å². The van der Waals surface area contributed by atoms with Gasteiger partial charge in [-0.2, -0.15) is 0 Å². The number of benzene rings is 5. The van der Waals surface area contributed by atoms with Crippen LogP contribution in [-0.2, 0) is 0 Å². The summed E-state index contributed by atoms with van der Waals surface area (Å²) in [6.45, 7) is 0. The number of hydrogen-bond acceptors (Lipinski definition) is 4. The molecule has 0 saturated heterocycles. The molecule has 0 heterocycles. The summed E-state index contributed by atoms with van der Waals surface area (Å²) in [6, 6.07) is 41.0. The molecule has 35 heavy (non-hydrogen) atoms. The molecule has 5 aromatic rings. The fourth-order valence-electron chi connectivity index (χ4n) is 4.18. The van der Waals surface area contributed by atoms with E-state index in [1.807, 2.05) is 54.6 Å². The van der Waals surface area contributed by atoms with E-state index in [1.165, 1.54) is 0 Å². The van der Waals surface area contributed by atoms with Crippen LogP contribution in [-0.4, -0.2) is 5.78 Å². The highest BCUT2D eigenvalue weighted by Gasteiger charge is 2.17. The lowest BCUT2D eigenvalue weighted by Crippen LogP contribution is -2.09. The Morgan fingerprint density at radius 2 is 1.06 bits per heavy atom. The number of nitrogen functional groups attached to an aromatic ring is 2. The number of nitrogens with two attached hydrogens (primary N) is 2. The fourth-order valence-corrected chi connectivity index (χ4v) is 4.18. The van der Waals surface area contributed by atoms with Crippen LogP contribution in [0.3, 0.4) is 0 Å². The zero-order valence-electron chi connectivity index (χ0n) is 19.1. The van der Waals surface area contributed by atoms with Gasteiger partial charge in [-0.05, 0) is 90.0 Å². The lowest BCUT2D eigenvalue weighted by atomic mass is 9.93. The molecule has 5 rings (SSSR count). The second kappa shape index (κ2) is 9.57. The maximum atomic E-state index is 13.3. The second-order valence-corrected chi connectivity index (χ2v) is 8.31. The zero-order valence-corrected chi connectivity index (χ0v) is 19.1. The maximum Gasteiger partial charge on any atom is 0.193 e. The fraction of sp³-hybridized carbons (Fsp3) is 0. The summed E-state index contributed by atoms with van der Waals surface area (Å²) in [4.78, 5) is 15.5. The molecule has 0 fully saturated rings. The summed E-state index contributed by atoms with van der Waals surface area (Å²) in [5, 5.41) is 0. The lowest BCUT2D eigenvalue weighted by molar-refractivity contribution is 0.103. The first-order valence-corrected chi connectivity index (χ1v) is 11.4. The van der Waals surface area contributed by atoms with Crippen LogP contribution in [0.2, 0.25) is 0 Å². The van der Waals surface area contributed by atoms with Crippen LogP contribution in [0.25, 0.3) is 11.1 Å². The quantitative estimate of drug-likeness (QED) is 0.209. The first kappa shape index (κ1) is 22.0. The summed E-state index contributed by atoms with van der Waals surface area (Å²) in [7, 11) is 0. The Bertz CT molecular complexity index is 1410. The molecule has 0 amide bonds. The van der Waals surface area contributed by atoms with Crippen LogP contribution in [0, 0.1) is 0 Å². The molecule has 0 radical (unpaired) electrons. The summed E-state index contributed by atoms with van der Waals surface area (Å²) in [6.07, 6.45) is 0. The summed E-state index contributed by atoms with van der Waals surface area (Å²) in [5.41, 5.74) is 19.2. The third kappa shape index (κ3) is 4.63. The molecular formula is C31H25N3O. The van der Waals surface area contributed by atoms with Crippen molar-refractivity contribution in [1.82, 2.24) is 0 Å². The number of carbonyl (C=O) groups excluding carboxylic acids is 1. The number of anilines is 5. The van der Waals surface area contributed by atoms with Crippen molar-refractivity contribution in [2.24, 2.45) is 0 Å². The average Bonchev–Trinajstić information content (AvgIpc) is 2.90. The number of nitrogens with zero attached hydrogens (tertiary/aromatic N) is 1. The topological polar surface area (TPSA) is 72.3 Å². The predicted molar refractivity (Wildman–Crippen MR) is 145 cm³/mol. The van der Waals surface area contributed by atoms with E-state index in [0.29, 0.717) is 22.5 Å². The van der Waals surface area contributed by atoms with Gasteiger partial charge >= 0.3 is 0 Å². The van der Waals surface area contributed by atoms with Crippen molar-refractivity contribution in [2.45, 2.75) is 0 Å². The molecule has 4 N–H and O–H groups in total. The van der Waals surface area contributed by atoms with E-state index in [1.54, 1.807) is 36.4 Å². The standard InChI is InChI=1S/C31H25N3O/c32-24-15-11-23(12-16-24)31(35)29-20-17-25(33)21-30(29)22-13-18-28(19-14-22)34(26-7-3-1-4-8-26)27-9-5-2-6-10-27/h1-21H,32-33H2. The minimum Gasteiger partial charge on any atom is -0.399 e. The molecule has 0 spiro atoms. The molecule has 0 atom stereocenters. The highest BCUT2D eigenvalue weighted by atomic mass is 16.1. The molecule has 0 aliphatic carbocycles. The van der Waals surface area contributed by atoms with Crippen molar-refractivity contribution >= 4 is 34.2 Å². The number of hydrogen-bond donors (Lipinski definition) is 2. The number of ketones is 1. The van der Waals surface area contributed by atoms with Gasteiger partial charge in [0.15, 0.2) is 5.78 Å². The monoisotopic (exact) mass is 455 g/mol. The van der Waals surface area contributed by atoms with E-state index in [9.17, 15) is 4.79 Å². The van der Waals surface area contributed by atoms with Crippen molar-refractivity contribution in [1.29, 1.82) is 0 Å². The molecule has 4 nitrogen and oxygen atoms in total. The molecule has 0 bridgehead atoms. The summed E-state index contributed by atoms with van der Waals surface area (Å²) >= 11 is 0. The highest BCUT2D eigenvalue weighted by molar-refractivity contribution is 6.13. The van der Waals surface area contributed by atoms with E-state index < -0.39 is 0 Å². The number of rotatable bonds is 6. The van der Waals surface area contributed by atoms with Gasteiger partial charge in [0.2, 0.25) is 0 Å². The van der Waals surface area contributed by atoms with E-state index in [-0.39, 0.29) is 5.78 Å². The molecule has 170 valence electrons. The first-order valence-electron chi connectivity index (χ1n) is 11.4. The van der Waals surface area contributed by atoms with E-state index >= 15 is 0 Å². The molecule has 0 aromatic heterocycles. The van der Waals surface area contributed by atoms with Crippen molar-refractivity contribution in [3.63, 3.8) is 0 Å². The maximum absolute atomic E-state index is 13.3. The van der Waals surface area contributed by atoms with Crippen molar-refractivity contribution in [2.75, 3.05) is 16.4 Å². The van der Waals surface area contributed by atoms with Crippen LogP contribution in [0.1, 0.15) is 15.9 Å². The summed E-state index contributed by atoms with van der Waals surface area (Å²) in [5.74, 6) is -0.0701. The van der Waals surface area contributed by atoms with Gasteiger partial charge in [0.1, 0.15) is 0 Å². The van der Waals surface area contributed by atoms with Crippen LogP contribution in [0.4, 0.5) is 28.4 Å². The number of para-hydroxylation sites is 2. The zero-order chi connectivity index (χ0) is 24.2. The Morgan fingerprint density at radius 1 is 0.543 bits per heavy atom. The molecule has 0 saturated carbocycles. The van der Waals surface area contributed by atoms with Gasteiger partial charge in [-0.15, -0.1) is 0 Å². The second-order valence-electron chi connectivity index (χ2n) is 8.31. The van der Waals surface area contributed by atoms with Gasteiger partial charge in [-0.1, -0.05) is 48.5 Å². The first-order chi connectivity index (χ1) is 17.1. The summed E-state index contributed by atoms with van der Waals surface area (Å²) < 4.78 is 0. The Hall–Kier alpha value is -4.83. The lowest BCUT2D eigenvalue weighted by Gasteiger charge is -2.25. The van der Waals surface area contributed by atoms with Crippen LogP contribution >= 0.6 is 0 Å². The van der Waals surface area contributed by atoms with Gasteiger partial charge in [0.05, 0.1) is 0 Å². The Labute approximate surface area is 205 Å². The largest absolute Gasteiger partial charge is 0.399 e. The molecule has 0 aliphatic rings. The minimum atomic E-state index is -0.0701. The minimum absolute atomic E-state index is 0.0701. The van der Waals surface area contributed by atoms with Crippen molar-refractivity contribution in [3.05, 3.63) is 139 Å². The van der Waals surface area contributed by atoms with E-state index in [0.717, 1.165) is 28.2 Å². The molecule has 4 heteroatoms. The Balaban J connectivity index is 1.55. The number of carbonyl (C=O) groups is 1. The molecule has 0 unspecified atom stereocenters. The molecular weight excluding hydrogens is 430 g/mol. The van der Waals surface area contributed by atoms with Crippen LogP contribution in [0.15, 0.2) is 127 Å². The predicted octanol–water partition coefficient (Wildman–Crippen LogP) is 7.22.